The normalized spacial score (nSPS) is 12.4. The van der Waals surface area contributed by atoms with Crippen LogP contribution >= 0.6 is 0 Å². The van der Waals surface area contributed by atoms with Crippen LogP contribution in [0.2, 0.25) is 0 Å². The van der Waals surface area contributed by atoms with Gasteiger partial charge in [0.2, 0.25) is 0 Å². The number of pyridine rings is 1. The smallest absolute Gasteiger partial charge is 0.335 e. The van der Waals surface area contributed by atoms with Crippen molar-refractivity contribution in [2.45, 2.75) is 6.04 Å². The summed E-state index contributed by atoms with van der Waals surface area (Å²) in [4.78, 5) is 17.0. The Morgan fingerprint density at radius 1 is 1.05 bits per heavy atom. The summed E-state index contributed by atoms with van der Waals surface area (Å²) in [5.41, 5.74) is 2.49. The van der Waals surface area contributed by atoms with Gasteiger partial charge in [-0.1, -0.05) is 12.1 Å². The zero-order chi connectivity index (χ0) is 13.8. The van der Waals surface area contributed by atoms with Gasteiger partial charge in [0.15, 0.2) is 0 Å². The molecule has 19 heavy (non-hydrogen) atoms. The molecule has 0 fully saturated rings. The van der Waals surface area contributed by atoms with Crippen LogP contribution in [-0.2, 0) is 0 Å². The summed E-state index contributed by atoms with van der Waals surface area (Å²) >= 11 is 0. The third-order valence-corrected chi connectivity index (χ3v) is 3.01. The summed E-state index contributed by atoms with van der Waals surface area (Å²) in [5, 5.41) is 8.92. The van der Waals surface area contributed by atoms with Crippen molar-refractivity contribution in [3.05, 3.63) is 65.5 Å². The number of rotatable bonds is 4. The van der Waals surface area contributed by atoms with Crippen LogP contribution in [0.5, 0.6) is 0 Å². The molecule has 0 spiro atoms. The largest absolute Gasteiger partial charge is 0.478 e. The predicted molar refractivity (Wildman–Crippen MR) is 73.2 cm³/mol. The molecule has 1 atom stereocenters. The third-order valence-electron chi connectivity index (χ3n) is 3.01. The standard InChI is InChI=1S/C15H16N2O2/c1-17(2)14(12-7-9-16-10-8-12)11-3-5-13(6-4-11)15(18)19/h3-10,14H,1-2H3,(H,18,19). The number of carboxylic acids is 1. The Kier molecular flexibility index (Phi) is 3.92. The van der Waals surface area contributed by atoms with Crippen molar-refractivity contribution in [1.82, 2.24) is 9.88 Å². The Hall–Kier alpha value is -2.20. The molecule has 2 aromatic rings. The second-order valence-corrected chi connectivity index (χ2v) is 4.57. The molecule has 4 nitrogen and oxygen atoms in total. The zero-order valence-corrected chi connectivity index (χ0v) is 10.9. The summed E-state index contributed by atoms with van der Waals surface area (Å²) in [7, 11) is 3.99. The van der Waals surface area contributed by atoms with Crippen LogP contribution in [0.15, 0.2) is 48.8 Å². The van der Waals surface area contributed by atoms with E-state index in [9.17, 15) is 4.79 Å². The summed E-state index contributed by atoms with van der Waals surface area (Å²) in [6, 6.07) is 11.0. The van der Waals surface area contributed by atoms with Gasteiger partial charge in [-0.3, -0.25) is 9.88 Å². The first-order chi connectivity index (χ1) is 9.09. The number of aromatic nitrogens is 1. The SMILES string of the molecule is CN(C)C(c1ccncc1)c1ccc(C(=O)O)cc1. The second kappa shape index (κ2) is 5.63. The van der Waals surface area contributed by atoms with E-state index in [1.54, 1.807) is 24.5 Å². The molecular weight excluding hydrogens is 240 g/mol. The first-order valence-corrected chi connectivity index (χ1v) is 5.99. The van der Waals surface area contributed by atoms with Gasteiger partial charge in [0.25, 0.3) is 0 Å². The molecule has 1 aromatic heterocycles. The average Bonchev–Trinajstić information content (AvgIpc) is 2.40. The fourth-order valence-corrected chi connectivity index (χ4v) is 2.14. The molecule has 98 valence electrons. The van der Waals surface area contributed by atoms with Crippen LogP contribution in [0.4, 0.5) is 0 Å². The Morgan fingerprint density at radius 2 is 1.58 bits per heavy atom. The molecule has 2 rings (SSSR count). The number of carbonyl (C=O) groups is 1. The third kappa shape index (κ3) is 2.98. The molecular formula is C15H16N2O2. The van der Waals surface area contributed by atoms with Crippen molar-refractivity contribution in [2.75, 3.05) is 14.1 Å². The van der Waals surface area contributed by atoms with Crippen molar-refractivity contribution >= 4 is 5.97 Å². The van der Waals surface area contributed by atoms with Gasteiger partial charge in [-0.15, -0.1) is 0 Å². The second-order valence-electron chi connectivity index (χ2n) is 4.57. The van der Waals surface area contributed by atoms with E-state index in [4.69, 9.17) is 5.11 Å². The lowest BCUT2D eigenvalue weighted by Crippen LogP contribution is -2.21. The molecule has 0 aliphatic heterocycles. The Morgan fingerprint density at radius 3 is 2.05 bits per heavy atom. The van der Waals surface area contributed by atoms with E-state index >= 15 is 0 Å². The highest BCUT2D eigenvalue weighted by atomic mass is 16.4. The molecule has 0 aliphatic rings. The van der Waals surface area contributed by atoms with Gasteiger partial charge in [-0.25, -0.2) is 4.79 Å². The average molecular weight is 256 g/mol. The minimum atomic E-state index is -0.906. The van der Waals surface area contributed by atoms with Crippen LogP contribution in [0, 0.1) is 0 Å². The van der Waals surface area contributed by atoms with Gasteiger partial charge in [0.1, 0.15) is 0 Å². The lowest BCUT2D eigenvalue weighted by molar-refractivity contribution is 0.0697. The number of hydrogen-bond acceptors (Lipinski definition) is 3. The summed E-state index contributed by atoms with van der Waals surface area (Å²) in [6.45, 7) is 0. The van der Waals surface area contributed by atoms with Crippen molar-refractivity contribution in [3.8, 4) is 0 Å². The molecule has 1 unspecified atom stereocenters. The maximum absolute atomic E-state index is 10.9. The maximum Gasteiger partial charge on any atom is 0.335 e. The Balaban J connectivity index is 2.37. The molecule has 4 heteroatoms. The van der Waals surface area contributed by atoms with Crippen LogP contribution < -0.4 is 0 Å². The van der Waals surface area contributed by atoms with E-state index in [0.29, 0.717) is 5.56 Å². The van der Waals surface area contributed by atoms with Gasteiger partial charge in [-0.05, 0) is 49.5 Å². The molecule has 1 N–H and O–H groups in total. The van der Waals surface area contributed by atoms with Crippen molar-refractivity contribution < 1.29 is 9.90 Å². The fraction of sp³-hybridized carbons (Fsp3) is 0.200. The van der Waals surface area contributed by atoms with Gasteiger partial charge < -0.3 is 5.11 Å². The minimum Gasteiger partial charge on any atom is -0.478 e. The van der Waals surface area contributed by atoms with Crippen LogP contribution in [-0.4, -0.2) is 35.1 Å². The first-order valence-electron chi connectivity index (χ1n) is 5.99. The van der Waals surface area contributed by atoms with Gasteiger partial charge >= 0.3 is 5.97 Å². The van der Waals surface area contributed by atoms with E-state index in [1.807, 2.05) is 38.4 Å². The molecule has 0 saturated carbocycles. The first kappa shape index (κ1) is 13.2. The van der Waals surface area contributed by atoms with Crippen molar-refractivity contribution in [2.24, 2.45) is 0 Å². The predicted octanol–water partition coefficient (Wildman–Crippen LogP) is 2.43. The summed E-state index contributed by atoms with van der Waals surface area (Å²) in [5.74, 6) is -0.906. The molecule has 0 aliphatic carbocycles. The highest BCUT2D eigenvalue weighted by Gasteiger charge is 2.16. The van der Waals surface area contributed by atoms with Gasteiger partial charge in [0.05, 0.1) is 11.6 Å². The van der Waals surface area contributed by atoms with Gasteiger partial charge in [0, 0.05) is 12.4 Å². The van der Waals surface area contributed by atoms with Crippen LogP contribution in [0.25, 0.3) is 0 Å². The van der Waals surface area contributed by atoms with E-state index in [0.717, 1.165) is 11.1 Å². The van der Waals surface area contributed by atoms with E-state index < -0.39 is 5.97 Å². The summed E-state index contributed by atoms with van der Waals surface area (Å²) < 4.78 is 0. The summed E-state index contributed by atoms with van der Waals surface area (Å²) in [6.07, 6.45) is 3.52. The number of benzene rings is 1. The molecule has 1 aromatic carbocycles. The molecule has 0 radical (unpaired) electrons. The highest BCUT2D eigenvalue weighted by molar-refractivity contribution is 5.87. The van der Waals surface area contributed by atoms with E-state index in [-0.39, 0.29) is 6.04 Å². The molecule has 0 bridgehead atoms. The number of hydrogen-bond donors (Lipinski definition) is 1. The fourth-order valence-electron chi connectivity index (χ4n) is 2.14. The van der Waals surface area contributed by atoms with Crippen molar-refractivity contribution in [3.63, 3.8) is 0 Å². The van der Waals surface area contributed by atoms with E-state index in [2.05, 4.69) is 9.88 Å². The lowest BCUT2D eigenvalue weighted by atomic mass is 9.98. The van der Waals surface area contributed by atoms with Gasteiger partial charge in [-0.2, -0.15) is 0 Å². The molecule has 0 saturated heterocycles. The Labute approximate surface area is 112 Å². The highest BCUT2D eigenvalue weighted by Crippen LogP contribution is 2.26. The monoisotopic (exact) mass is 256 g/mol. The minimum absolute atomic E-state index is 0.0887. The number of aromatic carboxylic acids is 1. The molecule has 0 amide bonds. The zero-order valence-electron chi connectivity index (χ0n) is 10.9. The van der Waals surface area contributed by atoms with Crippen LogP contribution in [0.3, 0.4) is 0 Å². The quantitative estimate of drug-likeness (QED) is 0.912. The number of carboxylic acid groups (broad SMARTS) is 1. The maximum atomic E-state index is 10.9. The van der Waals surface area contributed by atoms with Crippen molar-refractivity contribution in [1.29, 1.82) is 0 Å². The number of nitrogens with zero attached hydrogens (tertiary/aromatic N) is 2. The van der Waals surface area contributed by atoms with E-state index in [1.165, 1.54) is 0 Å². The van der Waals surface area contributed by atoms with Crippen LogP contribution in [0.1, 0.15) is 27.5 Å². The molecule has 1 heterocycles. The Bertz CT molecular complexity index is 550. The lowest BCUT2D eigenvalue weighted by Gasteiger charge is -2.25. The topological polar surface area (TPSA) is 53.4 Å².